The summed E-state index contributed by atoms with van der Waals surface area (Å²) in [7, 11) is 0. The van der Waals surface area contributed by atoms with E-state index in [1.54, 1.807) is 0 Å². The van der Waals surface area contributed by atoms with Crippen molar-refractivity contribution in [2.45, 2.75) is 26.8 Å². The number of aromatic nitrogens is 2. The van der Waals surface area contributed by atoms with Crippen LogP contribution in [0.15, 0.2) is 24.3 Å². The third-order valence-electron chi connectivity index (χ3n) is 2.86. The number of aryl methyl sites for hydroxylation is 1. The molecule has 0 saturated heterocycles. The Morgan fingerprint density at radius 2 is 1.94 bits per heavy atom. The molecule has 0 saturated carbocycles. The molecule has 2 rings (SSSR count). The summed E-state index contributed by atoms with van der Waals surface area (Å²) >= 11 is 6.17. The van der Waals surface area contributed by atoms with Crippen molar-refractivity contribution in [3.05, 3.63) is 46.2 Å². The molecule has 0 aliphatic heterocycles. The largest absolute Gasteiger partial charge is 0.324 e. The fourth-order valence-electron chi connectivity index (χ4n) is 1.92. The summed E-state index contributed by atoms with van der Waals surface area (Å²) in [6, 6.07) is 7.95. The van der Waals surface area contributed by atoms with Gasteiger partial charge in [0.2, 0.25) is 0 Å². The summed E-state index contributed by atoms with van der Waals surface area (Å²) in [6.45, 7) is 5.83. The van der Waals surface area contributed by atoms with E-state index < -0.39 is 0 Å². The summed E-state index contributed by atoms with van der Waals surface area (Å²) in [4.78, 5) is 0. The number of para-hydroxylation sites is 1. The van der Waals surface area contributed by atoms with E-state index in [0.29, 0.717) is 5.02 Å². The molecular formula is C13H16ClN3. The Balaban J connectivity index is 2.64. The summed E-state index contributed by atoms with van der Waals surface area (Å²) in [6.07, 6.45) is 0. The molecule has 0 fully saturated rings. The lowest BCUT2D eigenvalue weighted by Gasteiger charge is -2.13. The minimum Gasteiger partial charge on any atom is -0.324 e. The highest BCUT2D eigenvalue weighted by Gasteiger charge is 2.14. The van der Waals surface area contributed by atoms with Crippen LogP contribution in [0.25, 0.3) is 5.69 Å². The van der Waals surface area contributed by atoms with Gasteiger partial charge in [0, 0.05) is 6.04 Å². The lowest BCUT2D eigenvalue weighted by molar-refractivity contribution is 0.766. The maximum Gasteiger partial charge on any atom is 0.0848 e. The van der Waals surface area contributed by atoms with Crippen molar-refractivity contribution in [2.75, 3.05) is 0 Å². The quantitative estimate of drug-likeness (QED) is 0.889. The zero-order chi connectivity index (χ0) is 12.6. The second-order valence-electron chi connectivity index (χ2n) is 4.24. The van der Waals surface area contributed by atoms with Gasteiger partial charge in [-0.15, -0.1) is 0 Å². The van der Waals surface area contributed by atoms with E-state index >= 15 is 0 Å². The van der Waals surface area contributed by atoms with Gasteiger partial charge in [-0.1, -0.05) is 29.8 Å². The van der Waals surface area contributed by atoms with Crippen LogP contribution in [-0.2, 0) is 0 Å². The molecule has 1 aromatic carbocycles. The standard InChI is InChI=1S/C13H16ClN3/c1-8(15)11-6-4-5-7-12(11)17-10(3)13(14)9(2)16-17/h4-8H,15H2,1-3H3/t8-/m0/s1. The summed E-state index contributed by atoms with van der Waals surface area (Å²) in [5, 5.41) is 5.16. The van der Waals surface area contributed by atoms with Crippen LogP contribution in [0.4, 0.5) is 0 Å². The number of nitrogens with zero attached hydrogens (tertiary/aromatic N) is 2. The van der Waals surface area contributed by atoms with E-state index in [0.717, 1.165) is 22.6 Å². The van der Waals surface area contributed by atoms with E-state index in [2.05, 4.69) is 5.10 Å². The Kier molecular flexibility index (Phi) is 3.22. The van der Waals surface area contributed by atoms with Crippen LogP contribution in [0.2, 0.25) is 5.02 Å². The maximum atomic E-state index is 6.17. The zero-order valence-corrected chi connectivity index (χ0v) is 11.0. The molecule has 17 heavy (non-hydrogen) atoms. The van der Waals surface area contributed by atoms with Crippen LogP contribution < -0.4 is 5.73 Å². The minimum atomic E-state index is -0.0334. The van der Waals surface area contributed by atoms with Gasteiger partial charge >= 0.3 is 0 Å². The molecule has 0 spiro atoms. The molecule has 0 radical (unpaired) electrons. The number of nitrogens with two attached hydrogens (primary N) is 1. The zero-order valence-electron chi connectivity index (χ0n) is 10.2. The Bertz CT molecular complexity index is 544. The van der Waals surface area contributed by atoms with Crippen molar-refractivity contribution in [3.63, 3.8) is 0 Å². The fourth-order valence-corrected chi connectivity index (χ4v) is 2.04. The Labute approximate surface area is 106 Å². The van der Waals surface area contributed by atoms with Gasteiger partial charge in [-0.2, -0.15) is 5.10 Å². The van der Waals surface area contributed by atoms with Crippen molar-refractivity contribution in [1.29, 1.82) is 0 Å². The number of benzene rings is 1. The highest BCUT2D eigenvalue weighted by Crippen LogP contribution is 2.26. The minimum absolute atomic E-state index is 0.0334. The molecule has 2 aromatic rings. The van der Waals surface area contributed by atoms with Crippen LogP contribution in [0, 0.1) is 13.8 Å². The average Bonchev–Trinajstić information content (AvgIpc) is 2.57. The smallest absolute Gasteiger partial charge is 0.0848 e. The number of hydrogen-bond donors (Lipinski definition) is 1. The predicted molar refractivity (Wildman–Crippen MR) is 70.7 cm³/mol. The molecule has 0 aliphatic rings. The average molecular weight is 250 g/mol. The van der Waals surface area contributed by atoms with Gasteiger partial charge < -0.3 is 5.73 Å². The molecule has 90 valence electrons. The van der Waals surface area contributed by atoms with E-state index in [9.17, 15) is 0 Å². The van der Waals surface area contributed by atoms with Gasteiger partial charge in [0.15, 0.2) is 0 Å². The van der Waals surface area contributed by atoms with Gasteiger partial charge in [0.1, 0.15) is 0 Å². The maximum absolute atomic E-state index is 6.17. The van der Waals surface area contributed by atoms with Gasteiger partial charge in [0.25, 0.3) is 0 Å². The molecule has 0 unspecified atom stereocenters. The molecule has 2 N–H and O–H groups in total. The first kappa shape index (κ1) is 12.1. The normalized spacial score (nSPS) is 12.8. The molecule has 3 nitrogen and oxygen atoms in total. The topological polar surface area (TPSA) is 43.8 Å². The summed E-state index contributed by atoms with van der Waals surface area (Å²) in [5.74, 6) is 0. The van der Waals surface area contributed by atoms with E-state index in [-0.39, 0.29) is 6.04 Å². The third kappa shape index (κ3) is 2.08. The monoisotopic (exact) mass is 249 g/mol. The lowest BCUT2D eigenvalue weighted by Crippen LogP contribution is -2.11. The second-order valence-corrected chi connectivity index (χ2v) is 4.62. The van der Waals surface area contributed by atoms with Crippen LogP contribution in [0.5, 0.6) is 0 Å². The van der Waals surface area contributed by atoms with Crippen molar-refractivity contribution in [2.24, 2.45) is 5.73 Å². The fraction of sp³-hybridized carbons (Fsp3) is 0.308. The number of halogens is 1. The first-order chi connectivity index (χ1) is 8.02. The number of rotatable bonds is 2. The van der Waals surface area contributed by atoms with Crippen molar-refractivity contribution >= 4 is 11.6 Å². The second kappa shape index (κ2) is 4.51. The SMILES string of the molecule is Cc1nn(-c2ccccc2[C@H](C)N)c(C)c1Cl. The van der Waals surface area contributed by atoms with E-state index in [4.69, 9.17) is 17.3 Å². The molecule has 0 bridgehead atoms. The van der Waals surface area contributed by atoms with Crippen molar-refractivity contribution < 1.29 is 0 Å². The predicted octanol–water partition coefficient (Wildman–Crippen LogP) is 3.16. The Morgan fingerprint density at radius 1 is 1.29 bits per heavy atom. The Hall–Kier alpha value is -1.32. The molecule has 1 atom stereocenters. The van der Waals surface area contributed by atoms with Crippen LogP contribution in [0.1, 0.15) is 29.9 Å². The Morgan fingerprint density at radius 3 is 2.47 bits per heavy atom. The highest BCUT2D eigenvalue weighted by atomic mass is 35.5. The van der Waals surface area contributed by atoms with Crippen LogP contribution >= 0.6 is 11.6 Å². The van der Waals surface area contributed by atoms with E-state index in [1.165, 1.54) is 0 Å². The lowest BCUT2D eigenvalue weighted by atomic mass is 10.1. The molecule has 0 amide bonds. The third-order valence-corrected chi connectivity index (χ3v) is 3.41. The number of hydrogen-bond acceptors (Lipinski definition) is 2. The van der Waals surface area contributed by atoms with Gasteiger partial charge in [0.05, 0.1) is 22.1 Å². The van der Waals surface area contributed by atoms with Gasteiger partial charge in [-0.3, -0.25) is 0 Å². The first-order valence-corrected chi connectivity index (χ1v) is 5.96. The van der Waals surface area contributed by atoms with E-state index in [1.807, 2.05) is 49.7 Å². The van der Waals surface area contributed by atoms with Gasteiger partial charge in [-0.25, -0.2) is 4.68 Å². The van der Waals surface area contributed by atoms with Crippen molar-refractivity contribution in [1.82, 2.24) is 9.78 Å². The van der Waals surface area contributed by atoms with Crippen LogP contribution in [-0.4, -0.2) is 9.78 Å². The summed E-state index contributed by atoms with van der Waals surface area (Å²) in [5.41, 5.74) is 9.81. The molecule has 1 aromatic heterocycles. The molecule has 0 aliphatic carbocycles. The summed E-state index contributed by atoms with van der Waals surface area (Å²) < 4.78 is 1.86. The molecular weight excluding hydrogens is 234 g/mol. The molecule has 1 heterocycles. The first-order valence-electron chi connectivity index (χ1n) is 5.59. The highest BCUT2D eigenvalue weighted by molar-refractivity contribution is 6.31. The van der Waals surface area contributed by atoms with Crippen LogP contribution in [0.3, 0.4) is 0 Å². The molecule has 4 heteroatoms. The van der Waals surface area contributed by atoms with Crippen molar-refractivity contribution in [3.8, 4) is 5.69 Å². The van der Waals surface area contributed by atoms with Gasteiger partial charge in [-0.05, 0) is 32.4 Å².